The average molecular weight is 416 g/mol. The summed E-state index contributed by atoms with van der Waals surface area (Å²) in [6.07, 6.45) is 0.640. The molecule has 4 heteroatoms. The number of benzene rings is 4. The lowest BCUT2D eigenvalue weighted by molar-refractivity contribution is 0.0734. The number of rotatable bonds is 5. The van der Waals surface area contributed by atoms with Crippen LogP contribution in [0.2, 0.25) is 5.02 Å². The molecule has 0 radical (unpaired) electrons. The summed E-state index contributed by atoms with van der Waals surface area (Å²) in [5, 5.41) is 2.55. The Morgan fingerprint density at radius 2 is 1.57 bits per heavy atom. The molecule has 0 aliphatic rings. The Bertz CT molecular complexity index is 1220. The summed E-state index contributed by atoms with van der Waals surface area (Å²) >= 11 is 6.20. The van der Waals surface area contributed by atoms with Crippen LogP contribution in [0.5, 0.6) is 5.75 Å². The second-order valence-corrected chi connectivity index (χ2v) is 7.74. The molecule has 0 atom stereocenters. The van der Waals surface area contributed by atoms with E-state index < -0.39 is 5.97 Å². The SMILES string of the molecule is CN(C)c1ccccc1Cc1c(OC(=O)c2ccccc2Cl)ccc2ccccc12. The number of carbonyl (C=O) groups is 1. The van der Waals surface area contributed by atoms with Gasteiger partial charge in [-0.3, -0.25) is 0 Å². The van der Waals surface area contributed by atoms with Crippen LogP contribution in [-0.2, 0) is 6.42 Å². The van der Waals surface area contributed by atoms with E-state index in [1.165, 1.54) is 0 Å². The van der Waals surface area contributed by atoms with E-state index in [0.29, 0.717) is 22.8 Å². The van der Waals surface area contributed by atoms with Crippen LogP contribution in [0.15, 0.2) is 84.9 Å². The molecule has 3 nitrogen and oxygen atoms in total. The van der Waals surface area contributed by atoms with E-state index in [-0.39, 0.29) is 0 Å². The number of fused-ring (bicyclic) bond motifs is 1. The highest BCUT2D eigenvalue weighted by atomic mass is 35.5. The Morgan fingerprint density at radius 3 is 2.37 bits per heavy atom. The zero-order chi connectivity index (χ0) is 21.1. The molecule has 150 valence electrons. The van der Waals surface area contributed by atoms with Gasteiger partial charge in [0.25, 0.3) is 0 Å². The van der Waals surface area contributed by atoms with Gasteiger partial charge in [-0.25, -0.2) is 4.79 Å². The van der Waals surface area contributed by atoms with Crippen LogP contribution in [0.3, 0.4) is 0 Å². The van der Waals surface area contributed by atoms with Gasteiger partial charge in [0, 0.05) is 31.8 Å². The van der Waals surface area contributed by atoms with E-state index >= 15 is 0 Å². The lowest BCUT2D eigenvalue weighted by Gasteiger charge is -2.19. The monoisotopic (exact) mass is 415 g/mol. The van der Waals surface area contributed by atoms with Crippen molar-refractivity contribution in [2.24, 2.45) is 0 Å². The summed E-state index contributed by atoms with van der Waals surface area (Å²) in [4.78, 5) is 14.9. The second kappa shape index (κ2) is 8.60. The molecule has 0 heterocycles. The van der Waals surface area contributed by atoms with E-state index in [2.05, 4.69) is 29.2 Å². The summed E-state index contributed by atoms with van der Waals surface area (Å²) in [6, 6.07) is 27.2. The first-order valence-corrected chi connectivity index (χ1v) is 10.1. The summed E-state index contributed by atoms with van der Waals surface area (Å²) in [6.45, 7) is 0. The molecular weight excluding hydrogens is 394 g/mol. The zero-order valence-corrected chi connectivity index (χ0v) is 17.7. The minimum atomic E-state index is -0.460. The predicted molar refractivity (Wildman–Crippen MR) is 124 cm³/mol. The first kappa shape index (κ1) is 20.0. The van der Waals surface area contributed by atoms with Gasteiger partial charge in [-0.1, -0.05) is 72.3 Å². The van der Waals surface area contributed by atoms with Crippen molar-refractivity contribution in [2.45, 2.75) is 6.42 Å². The highest BCUT2D eigenvalue weighted by molar-refractivity contribution is 6.33. The van der Waals surface area contributed by atoms with Crippen LogP contribution in [-0.4, -0.2) is 20.1 Å². The number of hydrogen-bond donors (Lipinski definition) is 0. The number of carbonyl (C=O) groups excluding carboxylic acids is 1. The molecule has 0 fully saturated rings. The quantitative estimate of drug-likeness (QED) is 0.280. The fourth-order valence-corrected chi connectivity index (χ4v) is 3.88. The lowest BCUT2D eigenvalue weighted by atomic mass is 9.96. The highest BCUT2D eigenvalue weighted by Gasteiger charge is 2.17. The van der Waals surface area contributed by atoms with Crippen LogP contribution in [0.25, 0.3) is 10.8 Å². The van der Waals surface area contributed by atoms with E-state index in [4.69, 9.17) is 16.3 Å². The maximum absolute atomic E-state index is 12.8. The van der Waals surface area contributed by atoms with Crippen molar-refractivity contribution in [3.05, 3.63) is 107 Å². The molecule has 0 aromatic heterocycles. The summed E-state index contributed by atoms with van der Waals surface area (Å²) < 4.78 is 5.86. The molecule has 4 aromatic carbocycles. The Hall–Kier alpha value is -3.30. The van der Waals surface area contributed by atoms with Gasteiger partial charge in [0.05, 0.1) is 10.6 Å². The molecule has 0 aliphatic heterocycles. The van der Waals surface area contributed by atoms with Gasteiger partial charge < -0.3 is 9.64 Å². The number of hydrogen-bond acceptors (Lipinski definition) is 3. The van der Waals surface area contributed by atoms with Gasteiger partial charge in [-0.15, -0.1) is 0 Å². The molecule has 4 rings (SSSR count). The Morgan fingerprint density at radius 1 is 0.867 bits per heavy atom. The molecule has 30 heavy (non-hydrogen) atoms. The molecule has 4 aromatic rings. The minimum absolute atomic E-state index is 0.354. The van der Waals surface area contributed by atoms with Crippen LogP contribution < -0.4 is 9.64 Å². The van der Waals surface area contributed by atoms with Crippen molar-refractivity contribution >= 4 is 34.0 Å². The summed E-state index contributed by atoms with van der Waals surface area (Å²) in [7, 11) is 4.06. The van der Waals surface area contributed by atoms with Gasteiger partial charge >= 0.3 is 5.97 Å². The standard InChI is InChI=1S/C26H22ClNO2/c1-28(2)24-14-8-4-10-19(24)17-22-20-11-5-3-9-18(20)15-16-25(22)30-26(29)21-12-6-7-13-23(21)27/h3-16H,17H2,1-2H3. The number of anilines is 1. The smallest absolute Gasteiger partial charge is 0.345 e. The van der Waals surface area contributed by atoms with Crippen molar-refractivity contribution in [1.29, 1.82) is 0 Å². The second-order valence-electron chi connectivity index (χ2n) is 7.33. The van der Waals surface area contributed by atoms with Crippen molar-refractivity contribution in [3.8, 4) is 5.75 Å². The van der Waals surface area contributed by atoms with Crippen molar-refractivity contribution in [3.63, 3.8) is 0 Å². The maximum atomic E-state index is 12.8. The summed E-state index contributed by atoms with van der Waals surface area (Å²) in [5.41, 5.74) is 3.62. The van der Waals surface area contributed by atoms with Crippen molar-refractivity contribution < 1.29 is 9.53 Å². The van der Waals surface area contributed by atoms with Crippen LogP contribution >= 0.6 is 11.6 Å². The Labute approximate surface area is 181 Å². The molecule has 0 aliphatic carbocycles. The predicted octanol–water partition coefficient (Wildman–Crippen LogP) is 6.37. The van der Waals surface area contributed by atoms with Crippen LogP contribution in [0.1, 0.15) is 21.5 Å². The van der Waals surface area contributed by atoms with Gasteiger partial charge in [-0.05, 0) is 40.6 Å². The number of halogens is 1. The molecular formula is C26H22ClNO2. The molecule has 0 N–H and O–H groups in total. The molecule has 0 amide bonds. The molecule has 0 spiro atoms. The van der Waals surface area contributed by atoms with E-state index in [0.717, 1.165) is 27.6 Å². The maximum Gasteiger partial charge on any atom is 0.345 e. The van der Waals surface area contributed by atoms with E-state index in [1.54, 1.807) is 24.3 Å². The first-order valence-electron chi connectivity index (χ1n) is 9.77. The van der Waals surface area contributed by atoms with Gasteiger partial charge in [0.1, 0.15) is 5.75 Å². The van der Waals surface area contributed by atoms with Gasteiger partial charge in [0.2, 0.25) is 0 Å². The van der Waals surface area contributed by atoms with E-state index in [9.17, 15) is 4.79 Å². The minimum Gasteiger partial charge on any atom is -0.423 e. The summed E-state index contributed by atoms with van der Waals surface area (Å²) in [5.74, 6) is 0.0882. The number of esters is 1. The van der Waals surface area contributed by atoms with Crippen LogP contribution in [0, 0.1) is 0 Å². The first-order chi connectivity index (χ1) is 14.5. The third-order valence-corrected chi connectivity index (χ3v) is 5.46. The normalized spacial score (nSPS) is 10.8. The lowest BCUT2D eigenvalue weighted by Crippen LogP contribution is -2.13. The number of para-hydroxylation sites is 1. The van der Waals surface area contributed by atoms with E-state index in [1.807, 2.05) is 50.5 Å². The Balaban J connectivity index is 1.80. The largest absolute Gasteiger partial charge is 0.423 e. The Kier molecular flexibility index (Phi) is 5.73. The fourth-order valence-electron chi connectivity index (χ4n) is 3.66. The fraction of sp³-hybridized carbons (Fsp3) is 0.115. The third kappa shape index (κ3) is 4.03. The van der Waals surface area contributed by atoms with Crippen molar-refractivity contribution in [2.75, 3.05) is 19.0 Å². The van der Waals surface area contributed by atoms with Crippen LogP contribution in [0.4, 0.5) is 5.69 Å². The topological polar surface area (TPSA) is 29.5 Å². The zero-order valence-electron chi connectivity index (χ0n) is 16.9. The number of nitrogens with zero attached hydrogens (tertiary/aromatic N) is 1. The molecule has 0 bridgehead atoms. The molecule has 0 saturated heterocycles. The highest BCUT2D eigenvalue weighted by Crippen LogP contribution is 2.33. The number of ether oxygens (including phenoxy) is 1. The van der Waals surface area contributed by atoms with Crippen molar-refractivity contribution in [1.82, 2.24) is 0 Å². The van der Waals surface area contributed by atoms with Gasteiger partial charge in [-0.2, -0.15) is 0 Å². The third-order valence-electron chi connectivity index (χ3n) is 5.13. The van der Waals surface area contributed by atoms with Gasteiger partial charge in [0.15, 0.2) is 0 Å². The molecule has 0 saturated carbocycles. The molecule has 0 unspecified atom stereocenters. The average Bonchev–Trinajstić information content (AvgIpc) is 2.75.